The van der Waals surface area contributed by atoms with Gasteiger partial charge in [0.15, 0.2) is 0 Å². The molecule has 4 aromatic rings. The maximum Gasteiger partial charge on any atom is 0.275 e. The highest BCUT2D eigenvalue weighted by Crippen LogP contribution is 2.14. The van der Waals surface area contributed by atoms with Crippen LogP contribution >= 0.6 is 11.8 Å². The van der Waals surface area contributed by atoms with Crippen LogP contribution in [0, 0.1) is 0 Å². The van der Waals surface area contributed by atoms with Crippen LogP contribution in [0.15, 0.2) is 58.6 Å². The molecule has 0 aliphatic carbocycles. The Kier molecular flexibility index (Phi) is 5.80. The number of thioether (sulfide) groups is 1. The van der Waals surface area contributed by atoms with Gasteiger partial charge in [0.25, 0.3) is 5.56 Å². The van der Waals surface area contributed by atoms with E-state index in [1.54, 1.807) is 19.3 Å². The van der Waals surface area contributed by atoms with Gasteiger partial charge in [-0.1, -0.05) is 36.0 Å². The molecule has 0 fully saturated rings. The second-order valence-corrected chi connectivity index (χ2v) is 7.37. The predicted octanol–water partition coefficient (Wildman–Crippen LogP) is 0.772. The fourth-order valence-corrected chi connectivity index (χ4v) is 3.57. The van der Waals surface area contributed by atoms with Crippen LogP contribution in [-0.2, 0) is 24.9 Å². The summed E-state index contributed by atoms with van der Waals surface area (Å²) in [7, 11) is 1.71. The Morgan fingerprint density at radius 2 is 1.93 bits per heavy atom. The van der Waals surface area contributed by atoms with E-state index in [1.807, 2.05) is 36.4 Å². The first-order valence-corrected chi connectivity index (χ1v) is 10.1. The van der Waals surface area contributed by atoms with Crippen LogP contribution in [0.4, 0.5) is 0 Å². The van der Waals surface area contributed by atoms with E-state index in [0.717, 1.165) is 5.69 Å². The molecule has 1 aromatic carbocycles. The Balaban J connectivity index is 1.54. The van der Waals surface area contributed by atoms with Crippen molar-refractivity contribution in [2.75, 3.05) is 5.75 Å². The summed E-state index contributed by atoms with van der Waals surface area (Å²) >= 11 is 1.24. The van der Waals surface area contributed by atoms with Gasteiger partial charge in [0, 0.05) is 18.6 Å². The molecule has 1 amide bonds. The quantitative estimate of drug-likeness (QED) is 0.434. The second-order valence-electron chi connectivity index (χ2n) is 6.43. The number of nitrogens with zero attached hydrogens (tertiary/aromatic N) is 7. The lowest BCUT2D eigenvalue weighted by Crippen LogP contribution is -2.29. The molecule has 0 aliphatic rings. The molecule has 3 heterocycles. The first-order chi connectivity index (χ1) is 14.6. The summed E-state index contributed by atoms with van der Waals surface area (Å²) in [5.41, 5.74) is 1.14. The van der Waals surface area contributed by atoms with Crippen molar-refractivity contribution in [3.05, 3.63) is 70.4 Å². The largest absolute Gasteiger partial charge is 0.350 e. The third kappa shape index (κ3) is 4.35. The van der Waals surface area contributed by atoms with Gasteiger partial charge in [-0.3, -0.25) is 14.6 Å². The van der Waals surface area contributed by atoms with Gasteiger partial charge in [-0.05, 0) is 28.6 Å². The van der Waals surface area contributed by atoms with Crippen molar-refractivity contribution in [1.82, 2.24) is 40.3 Å². The zero-order valence-electron chi connectivity index (χ0n) is 16.1. The number of benzene rings is 1. The van der Waals surface area contributed by atoms with Crippen molar-refractivity contribution in [2.24, 2.45) is 7.05 Å². The molecular weight excluding hydrogens is 404 g/mol. The molecule has 4 rings (SSSR count). The van der Waals surface area contributed by atoms with Gasteiger partial charge in [-0.2, -0.15) is 5.10 Å². The van der Waals surface area contributed by atoms with Crippen LogP contribution in [0.3, 0.4) is 0 Å². The van der Waals surface area contributed by atoms with E-state index < -0.39 is 0 Å². The lowest BCUT2D eigenvalue weighted by molar-refractivity contribution is -0.118. The number of aryl methyl sites for hydroxylation is 1. The summed E-state index contributed by atoms with van der Waals surface area (Å²) in [6, 6.07) is 12.8. The van der Waals surface area contributed by atoms with Gasteiger partial charge in [0.2, 0.25) is 11.1 Å². The van der Waals surface area contributed by atoms with Crippen LogP contribution in [0.1, 0.15) is 11.4 Å². The van der Waals surface area contributed by atoms with E-state index in [1.165, 1.54) is 21.1 Å². The third-order valence-corrected chi connectivity index (χ3v) is 5.36. The summed E-state index contributed by atoms with van der Waals surface area (Å²) in [6.07, 6.45) is 1.67. The standard InChI is InChI=1S/C19H18N8O2S/c1-26-19(22-24-25-26)30-12-17(28)21-10-16-14-7-2-3-8-15(14)18(29)27(23-16)11-13-6-4-5-9-20-13/h2-9H,10-12H2,1H3,(H,21,28). The van der Waals surface area contributed by atoms with Gasteiger partial charge in [0.1, 0.15) is 0 Å². The Hall–Kier alpha value is -3.60. The molecular formula is C19H18N8O2S. The van der Waals surface area contributed by atoms with E-state index in [4.69, 9.17) is 0 Å². The van der Waals surface area contributed by atoms with E-state index in [2.05, 4.69) is 30.9 Å². The summed E-state index contributed by atoms with van der Waals surface area (Å²) in [5.74, 6) is -0.0175. The highest BCUT2D eigenvalue weighted by Gasteiger charge is 2.13. The molecule has 3 aromatic heterocycles. The summed E-state index contributed by atoms with van der Waals surface area (Å²) in [4.78, 5) is 29.4. The summed E-state index contributed by atoms with van der Waals surface area (Å²) in [5, 5.41) is 20.3. The topological polar surface area (TPSA) is 120 Å². The highest BCUT2D eigenvalue weighted by molar-refractivity contribution is 7.99. The highest BCUT2D eigenvalue weighted by atomic mass is 32.2. The molecule has 10 nitrogen and oxygen atoms in total. The van der Waals surface area contributed by atoms with Crippen molar-refractivity contribution in [3.8, 4) is 0 Å². The molecule has 0 bridgehead atoms. The van der Waals surface area contributed by atoms with E-state index in [9.17, 15) is 9.59 Å². The molecule has 0 atom stereocenters. The molecule has 1 N–H and O–H groups in total. The van der Waals surface area contributed by atoms with Crippen LogP contribution in [0.25, 0.3) is 10.8 Å². The molecule has 0 unspecified atom stereocenters. The van der Waals surface area contributed by atoms with E-state index >= 15 is 0 Å². The number of tetrazole rings is 1. The second kappa shape index (κ2) is 8.82. The summed E-state index contributed by atoms with van der Waals surface area (Å²) < 4.78 is 2.88. The van der Waals surface area contributed by atoms with Crippen LogP contribution in [0.5, 0.6) is 0 Å². The van der Waals surface area contributed by atoms with E-state index in [-0.39, 0.29) is 30.3 Å². The Labute approximate surface area is 175 Å². The smallest absolute Gasteiger partial charge is 0.275 e. The number of pyridine rings is 1. The van der Waals surface area contributed by atoms with Crippen molar-refractivity contribution >= 4 is 28.4 Å². The lowest BCUT2D eigenvalue weighted by atomic mass is 10.1. The normalized spacial score (nSPS) is 11.0. The molecule has 30 heavy (non-hydrogen) atoms. The van der Waals surface area contributed by atoms with Crippen LogP contribution < -0.4 is 10.9 Å². The Morgan fingerprint density at radius 3 is 2.67 bits per heavy atom. The Bertz CT molecular complexity index is 1240. The SMILES string of the molecule is Cn1nnnc1SCC(=O)NCc1nn(Cc2ccccn2)c(=O)c2ccccc12. The fourth-order valence-electron chi connectivity index (χ4n) is 2.90. The van der Waals surface area contributed by atoms with Gasteiger partial charge >= 0.3 is 0 Å². The number of rotatable bonds is 7. The average molecular weight is 422 g/mol. The van der Waals surface area contributed by atoms with Crippen molar-refractivity contribution in [2.45, 2.75) is 18.2 Å². The first-order valence-electron chi connectivity index (χ1n) is 9.12. The number of nitrogens with one attached hydrogen (secondary N) is 1. The molecule has 0 saturated heterocycles. The maximum absolute atomic E-state index is 12.8. The number of carbonyl (C=O) groups is 1. The lowest BCUT2D eigenvalue weighted by Gasteiger charge is -2.11. The monoisotopic (exact) mass is 422 g/mol. The predicted molar refractivity (Wildman–Crippen MR) is 111 cm³/mol. The van der Waals surface area contributed by atoms with Crippen molar-refractivity contribution < 1.29 is 4.79 Å². The van der Waals surface area contributed by atoms with Crippen molar-refractivity contribution in [1.29, 1.82) is 0 Å². The van der Waals surface area contributed by atoms with Gasteiger partial charge < -0.3 is 5.32 Å². The number of amides is 1. The zero-order chi connectivity index (χ0) is 20.9. The van der Waals surface area contributed by atoms with Gasteiger partial charge in [0.05, 0.1) is 35.6 Å². The number of carbonyl (C=O) groups excluding carboxylic acids is 1. The number of fused-ring (bicyclic) bond motifs is 1. The van der Waals surface area contributed by atoms with Crippen molar-refractivity contribution in [3.63, 3.8) is 0 Å². The van der Waals surface area contributed by atoms with E-state index in [0.29, 0.717) is 21.6 Å². The molecule has 0 aliphatic heterocycles. The third-order valence-electron chi connectivity index (χ3n) is 4.35. The van der Waals surface area contributed by atoms with Gasteiger partial charge in [-0.15, -0.1) is 5.10 Å². The van der Waals surface area contributed by atoms with Crippen LogP contribution in [0.2, 0.25) is 0 Å². The minimum absolute atomic E-state index is 0.166. The minimum Gasteiger partial charge on any atom is -0.350 e. The minimum atomic E-state index is -0.198. The Morgan fingerprint density at radius 1 is 1.13 bits per heavy atom. The average Bonchev–Trinajstić information content (AvgIpc) is 3.19. The van der Waals surface area contributed by atoms with Crippen LogP contribution in [-0.4, -0.2) is 46.6 Å². The number of hydrogen-bond donors (Lipinski definition) is 1. The maximum atomic E-state index is 12.8. The zero-order valence-corrected chi connectivity index (χ0v) is 16.9. The molecule has 11 heteroatoms. The fraction of sp³-hybridized carbons (Fsp3) is 0.211. The molecule has 152 valence electrons. The van der Waals surface area contributed by atoms with Gasteiger partial charge in [-0.25, -0.2) is 9.36 Å². The number of aromatic nitrogens is 7. The molecule has 0 saturated carbocycles. The first kappa shape index (κ1) is 19.7. The number of hydrogen-bond acceptors (Lipinski definition) is 8. The molecule has 0 radical (unpaired) electrons. The summed E-state index contributed by atoms with van der Waals surface area (Å²) in [6.45, 7) is 0.444. The molecule has 0 spiro atoms.